The number of ether oxygens (including phenoxy) is 3. The van der Waals surface area contributed by atoms with Gasteiger partial charge in [-0.2, -0.15) is 15.2 Å². The first kappa shape index (κ1) is 32.9. The van der Waals surface area contributed by atoms with Crippen LogP contribution in [0.15, 0.2) is 65.8 Å². The summed E-state index contributed by atoms with van der Waals surface area (Å²) in [5.41, 5.74) is 2.86. The van der Waals surface area contributed by atoms with Crippen molar-refractivity contribution in [2.24, 2.45) is 7.05 Å². The van der Waals surface area contributed by atoms with Crippen LogP contribution in [0.3, 0.4) is 0 Å². The first-order chi connectivity index (χ1) is 23.0. The Morgan fingerprint density at radius 1 is 1.08 bits per heavy atom. The highest BCUT2D eigenvalue weighted by Crippen LogP contribution is 2.41. The van der Waals surface area contributed by atoms with Gasteiger partial charge in [0.15, 0.2) is 33.5 Å². The van der Waals surface area contributed by atoms with Crippen LogP contribution >= 0.6 is 0 Å². The zero-order valence-electron chi connectivity index (χ0n) is 27.3. The Kier molecular flexibility index (Phi) is 9.33. The molecule has 3 aromatic heterocycles. The van der Waals surface area contributed by atoms with Crippen LogP contribution in [0.25, 0.3) is 11.3 Å². The summed E-state index contributed by atoms with van der Waals surface area (Å²) < 4.78 is 60.3. The van der Waals surface area contributed by atoms with Crippen LogP contribution < -0.4 is 19.7 Å². The van der Waals surface area contributed by atoms with Crippen molar-refractivity contribution in [2.75, 3.05) is 37.3 Å². The van der Waals surface area contributed by atoms with Crippen LogP contribution in [0.2, 0.25) is 0 Å². The molecule has 1 unspecified atom stereocenters. The number of hydrogen-bond acceptors (Lipinski definition) is 11. The zero-order valence-corrected chi connectivity index (χ0v) is 28.2. The SMILES string of the molecule is COc1ccc(CN(c2cc(C)n(C3CCCCO3)n2)c2nc(Nc3ccc(S(C)(=O)=O)cc3F)nc(-c3cnn(C)c3)c2OC)cc1. The third-order valence-corrected chi connectivity index (χ3v) is 9.13. The lowest BCUT2D eigenvalue weighted by molar-refractivity contribution is -0.0405. The van der Waals surface area contributed by atoms with Crippen LogP contribution in [-0.4, -0.2) is 65.0 Å². The van der Waals surface area contributed by atoms with Crippen molar-refractivity contribution in [3.05, 3.63) is 78.0 Å². The lowest BCUT2D eigenvalue weighted by Crippen LogP contribution is -2.23. The van der Waals surface area contributed by atoms with E-state index in [1.165, 1.54) is 19.2 Å². The molecule has 1 saturated heterocycles. The van der Waals surface area contributed by atoms with Gasteiger partial charge in [-0.05, 0) is 62.1 Å². The smallest absolute Gasteiger partial charge is 0.230 e. The van der Waals surface area contributed by atoms with Crippen molar-refractivity contribution >= 4 is 33.1 Å². The second-order valence-corrected chi connectivity index (χ2v) is 13.6. The average molecular weight is 677 g/mol. The topological polar surface area (TPSA) is 139 Å². The van der Waals surface area contributed by atoms with E-state index in [-0.39, 0.29) is 22.8 Å². The minimum atomic E-state index is -3.61. The largest absolute Gasteiger partial charge is 0.497 e. The number of aromatic nitrogens is 6. The maximum absolute atomic E-state index is 15.3. The van der Waals surface area contributed by atoms with Crippen molar-refractivity contribution in [2.45, 2.75) is 43.9 Å². The van der Waals surface area contributed by atoms with Gasteiger partial charge in [-0.15, -0.1) is 0 Å². The third-order valence-electron chi connectivity index (χ3n) is 8.02. The zero-order chi connectivity index (χ0) is 34.0. The Labute approximate surface area is 278 Å². The Balaban J connectivity index is 1.52. The van der Waals surface area contributed by atoms with Crippen LogP contribution in [0.1, 0.15) is 36.7 Å². The van der Waals surface area contributed by atoms with Gasteiger partial charge >= 0.3 is 0 Å². The summed E-state index contributed by atoms with van der Waals surface area (Å²) in [7, 11) is 1.32. The molecule has 1 N–H and O–H groups in total. The molecule has 0 saturated carbocycles. The van der Waals surface area contributed by atoms with Gasteiger partial charge in [-0.1, -0.05) is 12.1 Å². The highest BCUT2D eigenvalue weighted by molar-refractivity contribution is 7.90. The van der Waals surface area contributed by atoms with Gasteiger partial charge in [0.1, 0.15) is 17.3 Å². The normalized spacial score (nSPS) is 14.9. The summed E-state index contributed by atoms with van der Waals surface area (Å²) in [6.07, 6.45) is 7.16. The van der Waals surface area contributed by atoms with Gasteiger partial charge in [0.05, 0.1) is 37.5 Å². The molecule has 1 atom stereocenters. The summed E-state index contributed by atoms with van der Waals surface area (Å²) >= 11 is 0. The first-order valence-corrected chi connectivity index (χ1v) is 17.2. The van der Waals surface area contributed by atoms with Gasteiger partial charge < -0.3 is 24.4 Å². The minimum absolute atomic E-state index is 0.00747. The molecule has 2 aromatic carbocycles. The molecule has 4 heterocycles. The van der Waals surface area contributed by atoms with E-state index >= 15 is 4.39 Å². The Morgan fingerprint density at radius 2 is 1.88 bits per heavy atom. The van der Waals surface area contributed by atoms with E-state index in [1.807, 2.05) is 46.8 Å². The molecule has 0 amide bonds. The predicted octanol–water partition coefficient (Wildman–Crippen LogP) is 5.72. The highest BCUT2D eigenvalue weighted by Gasteiger charge is 2.28. The van der Waals surface area contributed by atoms with Crippen molar-refractivity contribution < 1.29 is 27.0 Å². The van der Waals surface area contributed by atoms with Gasteiger partial charge in [0.2, 0.25) is 5.95 Å². The highest BCUT2D eigenvalue weighted by atomic mass is 32.2. The number of hydrogen-bond donors (Lipinski definition) is 1. The number of rotatable bonds is 11. The molecule has 48 heavy (non-hydrogen) atoms. The fourth-order valence-electron chi connectivity index (χ4n) is 5.54. The van der Waals surface area contributed by atoms with E-state index in [2.05, 4.69) is 10.4 Å². The maximum atomic E-state index is 15.3. The number of nitrogens with zero attached hydrogens (tertiary/aromatic N) is 7. The van der Waals surface area contributed by atoms with Crippen molar-refractivity contribution in [1.29, 1.82) is 0 Å². The third kappa shape index (κ3) is 6.96. The van der Waals surface area contributed by atoms with E-state index in [9.17, 15) is 8.42 Å². The molecule has 0 spiro atoms. The van der Waals surface area contributed by atoms with Gasteiger partial charge in [-0.25, -0.2) is 22.5 Å². The van der Waals surface area contributed by atoms with Gasteiger partial charge in [-0.3, -0.25) is 4.68 Å². The molecule has 0 bridgehead atoms. The molecule has 13 nitrogen and oxygen atoms in total. The number of sulfone groups is 1. The summed E-state index contributed by atoms with van der Waals surface area (Å²) in [5.74, 6) is 1.26. The van der Waals surface area contributed by atoms with Crippen molar-refractivity contribution in [1.82, 2.24) is 29.5 Å². The Morgan fingerprint density at radius 3 is 2.50 bits per heavy atom. The molecule has 1 aliphatic heterocycles. The van der Waals surface area contributed by atoms with Gasteiger partial charge in [0.25, 0.3) is 0 Å². The molecule has 252 valence electrons. The quantitative estimate of drug-likeness (QED) is 0.184. The lowest BCUT2D eigenvalue weighted by Gasteiger charge is -2.26. The molecule has 0 aliphatic carbocycles. The molecule has 15 heteroatoms. The van der Waals surface area contributed by atoms with Crippen LogP contribution in [0, 0.1) is 12.7 Å². The number of halogens is 1. The summed E-state index contributed by atoms with van der Waals surface area (Å²) in [5, 5.41) is 12.3. The summed E-state index contributed by atoms with van der Waals surface area (Å²) in [6, 6.07) is 13.2. The molecule has 5 aromatic rings. The van der Waals surface area contributed by atoms with Crippen molar-refractivity contribution in [3.63, 3.8) is 0 Å². The second kappa shape index (κ2) is 13.6. The van der Waals surface area contributed by atoms with E-state index in [4.69, 9.17) is 29.3 Å². The average Bonchev–Trinajstić information content (AvgIpc) is 3.69. The molecule has 6 rings (SSSR count). The standard InChI is InChI=1S/C33H37FN8O5S/c1-21-16-28(39-42(21)29-8-6-7-15-47-29)41(19-22-9-11-24(45-3)12-10-22)32-31(46-4)30(23-18-35-40(2)20-23)37-33(38-32)36-27-14-13-25(17-26(27)34)48(5,43)44/h9-14,16-18,20,29H,6-8,15,19H2,1-5H3,(H,36,37,38). The fourth-order valence-corrected chi connectivity index (χ4v) is 6.17. The van der Waals surface area contributed by atoms with Gasteiger partial charge in [0, 0.05) is 43.4 Å². The number of anilines is 4. The number of nitrogens with one attached hydrogen (secondary N) is 1. The fraction of sp³-hybridized carbons (Fsp3) is 0.333. The number of benzene rings is 2. The lowest BCUT2D eigenvalue weighted by atomic mass is 10.1. The van der Waals surface area contributed by atoms with E-state index in [0.717, 1.165) is 42.8 Å². The second-order valence-electron chi connectivity index (χ2n) is 11.5. The maximum Gasteiger partial charge on any atom is 0.230 e. The molecule has 0 radical (unpaired) electrons. The minimum Gasteiger partial charge on any atom is -0.497 e. The monoisotopic (exact) mass is 676 g/mol. The Bertz CT molecular complexity index is 2020. The first-order valence-electron chi connectivity index (χ1n) is 15.3. The van der Waals surface area contributed by atoms with Crippen LogP contribution in [-0.2, 0) is 28.2 Å². The molecular formula is C33H37FN8O5S. The van der Waals surface area contributed by atoms with Crippen LogP contribution in [0.4, 0.5) is 27.7 Å². The Hall–Kier alpha value is -5.02. The van der Waals surface area contributed by atoms with Crippen molar-refractivity contribution in [3.8, 4) is 22.8 Å². The molecule has 1 fully saturated rings. The van der Waals surface area contributed by atoms with Crippen LogP contribution in [0.5, 0.6) is 11.5 Å². The molecule has 1 aliphatic rings. The molecular weight excluding hydrogens is 639 g/mol. The summed E-state index contributed by atoms with van der Waals surface area (Å²) in [4.78, 5) is 11.4. The van der Waals surface area contributed by atoms with E-state index in [0.29, 0.717) is 47.5 Å². The summed E-state index contributed by atoms with van der Waals surface area (Å²) in [6.45, 7) is 2.97. The van der Waals surface area contributed by atoms with E-state index in [1.54, 1.807) is 31.2 Å². The predicted molar refractivity (Wildman–Crippen MR) is 178 cm³/mol. The number of methoxy groups -OCH3 is 2. The number of aryl methyl sites for hydroxylation is 2. The van der Waals surface area contributed by atoms with E-state index < -0.39 is 15.7 Å².